The van der Waals surface area contributed by atoms with E-state index in [2.05, 4.69) is 72.2 Å². The Hall–Kier alpha value is -1.61. The maximum Gasteiger partial charge on any atom is 0.193 e. The maximum atomic E-state index is 3.43. The fraction of sp³-hybridized carbons (Fsp3) is 0.471. The molecule has 0 spiro atoms. The van der Waals surface area contributed by atoms with Gasteiger partial charge in [-0.3, -0.25) is 0 Å². The van der Waals surface area contributed by atoms with Gasteiger partial charge in [0.1, 0.15) is 5.69 Å². The molecule has 0 bridgehead atoms. The van der Waals surface area contributed by atoms with Gasteiger partial charge in [-0.25, -0.2) is 0 Å². The molecule has 1 aliphatic heterocycles. The third-order valence-electron chi connectivity index (χ3n) is 4.01. The molecule has 0 amide bonds. The molecule has 1 aromatic carbocycles. The van der Waals surface area contributed by atoms with Crippen molar-refractivity contribution in [2.45, 2.75) is 26.3 Å². The predicted octanol–water partition coefficient (Wildman–Crippen LogP) is 2.29. The minimum absolute atomic E-state index is 0.104. The SMILES string of the molecule is CC(C)(C)[n+]1cc(N2CCNCC2)c2ccccc2c1. The molecule has 3 heteroatoms. The molecule has 1 saturated heterocycles. The van der Waals surface area contributed by atoms with E-state index in [0.29, 0.717) is 0 Å². The monoisotopic (exact) mass is 270 g/mol. The van der Waals surface area contributed by atoms with E-state index in [-0.39, 0.29) is 5.54 Å². The maximum absolute atomic E-state index is 3.43. The molecule has 0 radical (unpaired) electrons. The van der Waals surface area contributed by atoms with Crippen LogP contribution in [0.1, 0.15) is 20.8 Å². The Morgan fingerprint density at radius 1 is 1.05 bits per heavy atom. The summed E-state index contributed by atoms with van der Waals surface area (Å²) in [6, 6.07) is 8.70. The van der Waals surface area contributed by atoms with Crippen molar-refractivity contribution < 1.29 is 4.57 Å². The normalized spacial score (nSPS) is 16.6. The van der Waals surface area contributed by atoms with Crippen molar-refractivity contribution in [3.8, 4) is 0 Å². The molecule has 20 heavy (non-hydrogen) atoms. The number of nitrogens with zero attached hydrogens (tertiary/aromatic N) is 2. The summed E-state index contributed by atoms with van der Waals surface area (Å²) >= 11 is 0. The highest BCUT2D eigenvalue weighted by Crippen LogP contribution is 2.26. The highest BCUT2D eigenvalue weighted by molar-refractivity contribution is 5.92. The lowest BCUT2D eigenvalue weighted by atomic mass is 10.1. The minimum atomic E-state index is 0.104. The molecule has 1 fully saturated rings. The molecule has 0 unspecified atom stereocenters. The van der Waals surface area contributed by atoms with E-state index in [9.17, 15) is 0 Å². The zero-order chi connectivity index (χ0) is 14.2. The van der Waals surface area contributed by atoms with Gasteiger partial charge in [0.05, 0.1) is 0 Å². The fourth-order valence-corrected chi connectivity index (χ4v) is 2.78. The van der Waals surface area contributed by atoms with E-state index in [1.165, 1.54) is 16.5 Å². The first-order valence-corrected chi connectivity index (χ1v) is 7.46. The van der Waals surface area contributed by atoms with Crippen LogP contribution in [0.5, 0.6) is 0 Å². The molecule has 0 aliphatic carbocycles. The van der Waals surface area contributed by atoms with Crippen LogP contribution >= 0.6 is 0 Å². The van der Waals surface area contributed by atoms with Gasteiger partial charge in [0.2, 0.25) is 0 Å². The smallest absolute Gasteiger partial charge is 0.193 e. The first kappa shape index (κ1) is 13.4. The standard InChI is InChI=1S/C17H24N3/c1-17(2,3)20-12-14-6-4-5-7-15(14)16(13-20)19-10-8-18-9-11-19/h4-7,12-13,18H,8-11H2,1-3H3/q+1. The van der Waals surface area contributed by atoms with Crippen LogP contribution in [0.25, 0.3) is 10.8 Å². The summed E-state index contributed by atoms with van der Waals surface area (Å²) in [5.74, 6) is 0. The molecule has 0 atom stereocenters. The molecule has 3 rings (SSSR count). The van der Waals surface area contributed by atoms with Crippen molar-refractivity contribution in [2.24, 2.45) is 0 Å². The second-order valence-electron chi connectivity index (χ2n) is 6.55. The van der Waals surface area contributed by atoms with Crippen molar-refractivity contribution in [3.05, 3.63) is 36.7 Å². The van der Waals surface area contributed by atoms with Crippen LogP contribution in [0.2, 0.25) is 0 Å². The van der Waals surface area contributed by atoms with Gasteiger partial charge in [0, 0.05) is 57.7 Å². The van der Waals surface area contributed by atoms with Crippen LogP contribution in [0.15, 0.2) is 36.7 Å². The topological polar surface area (TPSA) is 19.1 Å². The number of piperazine rings is 1. The second kappa shape index (κ2) is 5.06. The summed E-state index contributed by atoms with van der Waals surface area (Å²) in [5, 5.41) is 6.10. The van der Waals surface area contributed by atoms with Crippen LogP contribution < -0.4 is 14.8 Å². The lowest BCUT2D eigenvalue weighted by Gasteiger charge is -2.30. The number of hydrogen-bond donors (Lipinski definition) is 1. The molecule has 3 nitrogen and oxygen atoms in total. The van der Waals surface area contributed by atoms with Crippen LogP contribution in [-0.4, -0.2) is 26.2 Å². The molecule has 2 aromatic rings. The molecule has 1 N–H and O–H groups in total. The van der Waals surface area contributed by atoms with Gasteiger partial charge in [-0.15, -0.1) is 0 Å². The summed E-state index contributed by atoms with van der Waals surface area (Å²) in [7, 11) is 0. The second-order valence-corrected chi connectivity index (χ2v) is 6.55. The summed E-state index contributed by atoms with van der Waals surface area (Å²) < 4.78 is 2.34. The van der Waals surface area contributed by atoms with Crippen molar-refractivity contribution in [3.63, 3.8) is 0 Å². The Morgan fingerprint density at radius 2 is 1.75 bits per heavy atom. The van der Waals surface area contributed by atoms with Crippen LogP contribution in [0.4, 0.5) is 5.69 Å². The molecule has 0 saturated carbocycles. The van der Waals surface area contributed by atoms with Crippen LogP contribution in [0.3, 0.4) is 0 Å². The van der Waals surface area contributed by atoms with E-state index in [1.54, 1.807) is 0 Å². The number of benzene rings is 1. The first-order chi connectivity index (χ1) is 9.55. The highest BCUT2D eigenvalue weighted by Gasteiger charge is 2.25. The quantitative estimate of drug-likeness (QED) is 0.802. The number of fused-ring (bicyclic) bond motifs is 1. The summed E-state index contributed by atoms with van der Waals surface area (Å²) in [6.07, 6.45) is 4.58. The van der Waals surface area contributed by atoms with Crippen molar-refractivity contribution in [2.75, 3.05) is 31.1 Å². The minimum Gasteiger partial charge on any atom is -0.364 e. The molecular weight excluding hydrogens is 246 g/mol. The van der Waals surface area contributed by atoms with Gasteiger partial charge in [0.25, 0.3) is 0 Å². The van der Waals surface area contributed by atoms with Gasteiger partial charge in [-0.2, -0.15) is 4.57 Å². The van der Waals surface area contributed by atoms with Gasteiger partial charge >= 0.3 is 0 Å². The third kappa shape index (κ3) is 2.50. The van der Waals surface area contributed by atoms with Crippen molar-refractivity contribution >= 4 is 16.5 Å². The lowest BCUT2D eigenvalue weighted by molar-refractivity contribution is -0.752. The molecular formula is C17H24N3+. The summed E-state index contributed by atoms with van der Waals surface area (Å²) in [4.78, 5) is 2.50. The van der Waals surface area contributed by atoms with Gasteiger partial charge in [-0.1, -0.05) is 18.2 Å². The fourth-order valence-electron chi connectivity index (χ4n) is 2.78. The number of rotatable bonds is 1. The Morgan fingerprint density at radius 3 is 2.45 bits per heavy atom. The molecule has 1 aromatic heterocycles. The van der Waals surface area contributed by atoms with Crippen molar-refractivity contribution in [1.29, 1.82) is 0 Å². The van der Waals surface area contributed by atoms with Crippen LogP contribution in [0, 0.1) is 0 Å². The van der Waals surface area contributed by atoms with Crippen molar-refractivity contribution in [1.82, 2.24) is 5.32 Å². The first-order valence-electron chi connectivity index (χ1n) is 7.46. The van der Waals surface area contributed by atoms with Gasteiger partial charge in [0.15, 0.2) is 17.9 Å². The average molecular weight is 270 g/mol. The zero-order valence-electron chi connectivity index (χ0n) is 12.7. The Kier molecular flexibility index (Phi) is 3.38. The third-order valence-corrected chi connectivity index (χ3v) is 4.01. The summed E-state index contributed by atoms with van der Waals surface area (Å²) in [6.45, 7) is 11.1. The number of anilines is 1. The Bertz CT molecular complexity index is 607. The van der Waals surface area contributed by atoms with Gasteiger partial charge < -0.3 is 10.2 Å². The molecule has 1 aliphatic rings. The number of pyridine rings is 1. The van der Waals surface area contributed by atoms with Gasteiger partial charge in [-0.05, 0) is 6.07 Å². The molecule has 2 heterocycles. The summed E-state index contributed by atoms with van der Waals surface area (Å²) in [5.41, 5.74) is 1.46. The number of hydrogen-bond acceptors (Lipinski definition) is 2. The Balaban J connectivity index is 2.16. The van der Waals surface area contributed by atoms with Crippen LogP contribution in [-0.2, 0) is 5.54 Å². The van der Waals surface area contributed by atoms with E-state index >= 15 is 0 Å². The predicted molar refractivity (Wildman–Crippen MR) is 84.2 cm³/mol. The largest absolute Gasteiger partial charge is 0.364 e. The molecule has 106 valence electrons. The van der Waals surface area contributed by atoms with E-state index < -0.39 is 0 Å². The lowest BCUT2D eigenvalue weighted by Crippen LogP contribution is -2.51. The number of aromatic nitrogens is 1. The van der Waals surface area contributed by atoms with E-state index in [0.717, 1.165) is 26.2 Å². The van der Waals surface area contributed by atoms with E-state index in [4.69, 9.17) is 0 Å². The number of nitrogens with one attached hydrogen (secondary N) is 1. The van der Waals surface area contributed by atoms with E-state index in [1.807, 2.05) is 0 Å². The highest BCUT2D eigenvalue weighted by atomic mass is 15.2. The average Bonchev–Trinajstić information content (AvgIpc) is 2.46. The Labute approximate surface area is 121 Å². The zero-order valence-corrected chi connectivity index (χ0v) is 12.7.